The first kappa shape index (κ1) is 13.0. The van der Waals surface area contributed by atoms with Crippen molar-refractivity contribution in [2.75, 3.05) is 19.6 Å². The van der Waals surface area contributed by atoms with Gasteiger partial charge in [0.2, 0.25) is 0 Å². The van der Waals surface area contributed by atoms with E-state index >= 15 is 0 Å². The molecule has 1 saturated carbocycles. The van der Waals surface area contributed by atoms with Crippen LogP contribution in [-0.4, -0.2) is 19.6 Å². The molecule has 2 nitrogen and oxygen atoms in total. The maximum Gasteiger partial charge on any atom is 0.126 e. The largest absolute Gasteiger partial charge is 0.330 e. The normalized spacial score (nSPS) is 17.1. The highest BCUT2D eigenvalue weighted by molar-refractivity contribution is 9.10. The van der Waals surface area contributed by atoms with Crippen molar-refractivity contribution in [1.82, 2.24) is 5.32 Å². The van der Waals surface area contributed by atoms with Gasteiger partial charge in [0.05, 0.1) is 0 Å². The summed E-state index contributed by atoms with van der Waals surface area (Å²) in [6.07, 6.45) is 3.16. The summed E-state index contributed by atoms with van der Waals surface area (Å²) in [6.45, 7) is 2.51. The number of nitrogens with two attached hydrogens (primary N) is 1. The van der Waals surface area contributed by atoms with Gasteiger partial charge in [0.25, 0.3) is 0 Å². The van der Waals surface area contributed by atoms with Crippen LogP contribution in [0.25, 0.3) is 0 Å². The van der Waals surface area contributed by atoms with Gasteiger partial charge < -0.3 is 11.1 Å². The number of rotatable bonds is 6. The molecule has 0 aliphatic heterocycles. The zero-order chi connectivity index (χ0) is 12.3. The van der Waals surface area contributed by atoms with Gasteiger partial charge in [0, 0.05) is 11.0 Å². The summed E-state index contributed by atoms with van der Waals surface area (Å²) in [5.74, 6) is -0.130. The molecule has 0 aromatic heterocycles. The van der Waals surface area contributed by atoms with Gasteiger partial charge in [-0.25, -0.2) is 4.39 Å². The zero-order valence-corrected chi connectivity index (χ0v) is 11.4. The van der Waals surface area contributed by atoms with Crippen molar-refractivity contribution in [3.8, 4) is 0 Å². The standard InChI is InChI=1S/C13H18BrFN2/c14-11-1-2-12(15)10(7-11)3-6-17-9-13(8-16)4-5-13/h1-2,7,17H,3-6,8-9,16H2. The lowest BCUT2D eigenvalue weighted by molar-refractivity contribution is 0.468. The van der Waals surface area contributed by atoms with Crippen LogP contribution >= 0.6 is 15.9 Å². The molecule has 3 N–H and O–H groups in total. The van der Waals surface area contributed by atoms with Gasteiger partial charge in [-0.15, -0.1) is 0 Å². The molecule has 0 radical (unpaired) electrons. The Morgan fingerprint density at radius 3 is 2.82 bits per heavy atom. The minimum atomic E-state index is -0.130. The van der Waals surface area contributed by atoms with E-state index in [9.17, 15) is 4.39 Å². The van der Waals surface area contributed by atoms with E-state index in [1.807, 2.05) is 6.07 Å². The van der Waals surface area contributed by atoms with Crippen molar-refractivity contribution in [1.29, 1.82) is 0 Å². The van der Waals surface area contributed by atoms with Crippen LogP contribution < -0.4 is 11.1 Å². The molecule has 0 saturated heterocycles. The van der Waals surface area contributed by atoms with Crippen LogP contribution in [0.15, 0.2) is 22.7 Å². The fourth-order valence-electron chi connectivity index (χ4n) is 1.94. The summed E-state index contributed by atoms with van der Waals surface area (Å²) in [4.78, 5) is 0. The first-order valence-corrected chi connectivity index (χ1v) is 6.79. The van der Waals surface area contributed by atoms with Crippen LogP contribution in [0.4, 0.5) is 4.39 Å². The minimum absolute atomic E-state index is 0.130. The first-order valence-electron chi connectivity index (χ1n) is 6.00. The van der Waals surface area contributed by atoms with E-state index < -0.39 is 0 Å². The lowest BCUT2D eigenvalue weighted by atomic mass is 10.1. The number of benzene rings is 1. The molecule has 4 heteroatoms. The zero-order valence-electron chi connectivity index (χ0n) is 9.81. The monoisotopic (exact) mass is 300 g/mol. The van der Waals surface area contributed by atoms with Crippen LogP contribution in [0, 0.1) is 11.2 Å². The lowest BCUT2D eigenvalue weighted by Gasteiger charge is -2.13. The van der Waals surface area contributed by atoms with Gasteiger partial charge in [-0.1, -0.05) is 15.9 Å². The molecule has 1 aromatic rings. The van der Waals surface area contributed by atoms with Crippen LogP contribution in [0.3, 0.4) is 0 Å². The molecular weight excluding hydrogens is 283 g/mol. The first-order chi connectivity index (χ1) is 8.15. The van der Waals surface area contributed by atoms with E-state index in [0.29, 0.717) is 11.8 Å². The maximum atomic E-state index is 13.4. The molecule has 0 atom stereocenters. The van der Waals surface area contributed by atoms with Crippen LogP contribution in [-0.2, 0) is 6.42 Å². The number of nitrogens with one attached hydrogen (secondary N) is 1. The van der Waals surface area contributed by atoms with E-state index in [2.05, 4.69) is 21.2 Å². The fraction of sp³-hybridized carbons (Fsp3) is 0.538. The van der Waals surface area contributed by atoms with Crippen molar-refractivity contribution in [2.45, 2.75) is 19.3 Å². The summed E-state index contributed by atoms with van der Waals surface area (Å²) in [7, 11) is 0. The van der Waals surface area contributed by atoms with E-state index in [1.54, 1.807) is 6.07 Å². The molecule has 0 unspecified atom stereocenters. The molecule has 94 valence electrons. The Labute approximate surface area is 110 Å². The van der Waals surface area contributed by atoms with Crippen molar-refractivity contribution >= 4 is 15.9 Å². The van der Waals surface area contributed by atoms with E-state index in [4.69, 9.17) is 5.73 Å². The van der Waals surface area contributed by atoms with Gasteiger partial charge >= 0.3 is 0 Å². The Kier molecular flexibility index (Phi) is 4.17. The molecule has 0 heterocycles. The molecule has 17 heavy (non-hydrogen) atoms. The maximum absolute atomic E-state index is 13.4. The predicted molar refractivity (Wildman–Crippen MR) is 71.4 cm³/mol. The molecule has 2 rings (SSSR count). The van der Waals surface area contributed by atoms with E-state index in [0.717, 1.165) is 29.7 Å². The van der Waals surface area contributed by atoms with Gasteiger partial charge in [-0.2, -0.15) is 0 Å². The summed E-state index contributed by atoms with van der Waals surface area (Å²) in [5, 5.41) is 3.37. The Morgan fingerprint density at radius 1 is 1.41 bits per heavy atom. The highest BCUT2D eigenvalue weighted by atomic mass is 79.9. The van der Waals surface area contributed by atoms with Gasteiger partial charge in [-0.3, -0.25) is 0 Å². The van der Waals surface area contributed by atoms with Gasteiger partial charge in [0.15, 0.2) is 0 Å². The number of hydrogen-bond acceptors (Lipinski definition) is 2. The number of halogens is 2. The fourth-order valence-corrected chi connectivity index (χ4v) is 2.35. The summed E-state index contributed by atoms with van der Waals surface area (Å²) < 4.78 is 14.4. The second-order valence-corrected chi connectivity index (χ2v) is 5.78. The summed E-state index contributed by atoms with van der Waals surface area (Å²) in [5.41, 5.74) is 6.80. The molecule has 1 aliphatic rings. The Balaban J connectivity index is 1.76. The molecule has 1 aliphatic carbocycles. The Bertz CT molecular complexity index is 391. The van der Waals surface area contributed by atoms with Crippen LogP contribution in [0.2, 0.25) is 0 Å². The Morgan fingerprint density at radius 2 is 2.18 bits per heavy atom. The average Bonchev–Trinajstić information content (AvgIpc) is 3.10. The van der Waals surface area contributed by atoms with Crippen molar-refractivity contribution in [2.24, 2.45) is 11.1 Å². The summed E-state index contributed by atoms with van der Waals surface area (Å²) >= 11 is 3.35. The molecule has 1 fully saturated rings. The second-order valence-electron chi connectivity index (χ2n) is 4.87. The average molecular weight is 301 g/mol. The smallest absolute Gasteiger partial charge is 0.126 e. The molecular formula is C13H18BrFN2. The van der Waals surface area contributed by atoms with Crippen LogP contribution in [0.5, 0.6) is 0 Å². The minimum Gasteiger partial charge on any atom is -0.330 e. The third-order valence-corrected chi connectivity index (χ3v) is 3.96. The van der Waals surface area contributed by atoms with E-state index in [1.165, 1.54) is 18.9 Å². The van der Waals surface area contributed by atoms with Crippen molar-refractivity contribution in [3.63, 3.8) is 0 Å². The van der Waals surface area contributed by atoms with Gasteiger partial charge in [0.1, 0.15) is 5.82 Å². The SMILES string of the molecule is NCC1(CNCCc2cc(Br)ccc2F)CC1. The molecule has 0 bridgehead atoms. The quantitative estimate of drug-likeness (QED) is 0.792. The molecule has 0 amide bonds. The third kappa shape index (κ3) is 3.50. The highest BCUT2D eigenvalue weighted by Crippen LogP contribution is 2.43. The van der Waals surface area contributed by atoms with Crippen molar-refractivity contribution in [3.05, 3.63) is 34.1 Å². The third-order valence-electron chi connectivity index (χ3n) is 3.47. The lowest BCUT2D eigenvalue weighted by Crippen LogP contribution is -2.31. The Hall–Kier alpha value is -0.450. The van der Waals surface area contributed by atoms with Gasteiger partial charge in [-0.05, 0) is 61.5 Å². The molecule has 1 aromatic carbocycles. The highest BCUT2D eigenvalue weighted by Gasteiger charge is 2.40. The van der Waals surface area contributed by atoms with E-state index in [-0.39, 0.29) is 5.82 Å². The predicted octanol–water partition coefficient (Wildman–Crippen LogP) is 2.46. The van der Waals surface area contributed by atoms with Crippen molar-refractivity contribution < 1.29 is 4.39 Å². The summed E-state index contributed by atoms with van der Waals surface area (Å²) in [6, 6.07) is 5.06. The second kappa shape index (κ2) is 5.46. The number of hydrogen-bond donors (Lipinski definition) is 2. The topological polar surface area (TPSA) is 38.0 Å². The van der Waals surface area contributed by atoms with Crippen LogP contribution in [0.1, 0.15) is 18.4 Å². The molecule has 0 spiro atoms.